The fourth-order valence-electron chi connectivity index (χ4n) is 3.15. The van der Waals surface area contributed by atoms with Crippen LogP contribution in [-0.4, -0.2) is 40.8 Å². The van der Waals surface area contributed by atoms with Crippen molar-refractivity contribution < 1.29 is 23.8 Å². The number of anilines is 1. The number of nitrogens with zero attached hydrogens (tertiary/aromatic N) is 2. The van der Waals surface area contributed by atoms with E-state index in [0.29, 0.717) is 23.6 Å². The molecule has 3 aromatic rings. The summed E-state index contributed by atoms with van der Waals surface area (Å²) < 4.78 is 18.8. The molecule has 0 unspecified atom stereocenters. The Hall–Kier alpha value is -4.63. The van der Waals surface area contributed by atoms with Gasteiger partial charge in [0.05, 0.1) is 12.2 Å². The zero-order valence-electron chi connectivity index (χ0n) is 23.0. The maximum Gasteiger partial charge on any atom is 0.270 e. The highest BCUT2D eigenvalue weighted by atomic mass is 19.1. The highest BCUT2D eigenvalue weighted by Gasteiger charge is 2.12. The lowest BCUT2D eigenvalue weighted by Crippen LogP contribution is -2.36. The Morgan fingerprint density at radius 1 is 1.05 bits per heavy atom. The standard InChI is InChI=1S/C27H25FN4O4.C4H10/c1-3-23(29-4-2)27(35)30-17-26(34)32-25-16-18(13-14-33)15-24(31-25)19-5-9-21(10-6-19)36-22-11-7-20(28)8-12-22;1-4(2)3/h3-12,15-16,33H,1-2,13-14,17H2,(H,30,35)(H,31,32,34);4H,1-3H3. The normalized spacial score (nSPS) is 10.7. The number of aliphatic hydroxyl groups is 1. The Labute approximate surface area is 234 Å². The molecule has 1 aromatic heterocycles. The first-order valence-corrected chi connectivity index (χ1v) is 12.7. The minimum Gasteiger partial charge on any atom is -0.457 e. The van der Waals surface area contributed by atoms with E-state index in [9.17, 15) is 19.1 Å². The molecule has 0 aliphatic heterocycles. The second kappa shape index (κ2) is 16.4. The van der Waals surface area contributed by atoms with Gasteiger partial charge in [0.1, 0.15) is 28.8 Å². The van der Waals surface area contributed by atoms with E-state index >= 15 is 0 Å². The van der Waals surface area contributed by atoms with Gasteiger partial charge in [0.15, 0.2) is 0 Å². The number of halogens is 1. The Bertz CT molecular complexity index is 1320. The number of hydrogen-bond donors (Lipinski definition) is 3. The lowest BCUT2D eigenvalue weighted by molar-refractivity contribution is -0.120. The lowest BCUT2D eigenvalue weighted by Gasteiger charge is -2.11. The summed E-state index contributed by atoms with van der Waals surface area (Å²) in [5.41, 5.74) is 2.12. The number of pyridine rings is 1. The average molecular weight is 547 g/mol. The zero-order valence-corrected chi connectivity index (χ0v) is 23.0. The Morgan fingerprint density at radius 3 is 2.20 bits per heavy atom. The summed E-state index contributed by atoms with van der Waals surface area (Å²) in [5, 5.41) is 14.5. The molecule has 40 heavy (non-hydrogen) atoms. The van der Waals surface area contributed by atoms with Gasteiger partial charge >= 0.3 is 0 Å². The molecule has 3 rings (SSSR count). The van der Waals surface area contributed by atoms with Crippen LogP contribution >= 0.6 is 0 Å². The number of carbonyl (C=O) groups excluding carboxylic acids is 2. The highest BCUT2D eigenvalue weighted by molar-refractivity contribution is 6.43. The number of aliphatic hydroxyl groups excluding tert-OH is 1. The summed E-state index contributed by atoms with van der Waals surface area (Å²) in [6.45, 7) is 13.0. The highest BCUT2D eigenvalue weighted by Crippen LogP contribution is 2.27. The fourth-order valence-corrected chi connectivity index (χ4v) is 3.15. The van der Waals surface area contributed by atoms with E-state index in [0.717, 1.165) is 17.0 Å². The van der Waals surface area contributed by atoms with Crippen LogP contribution in [0.1, 0.15) is 26.3 Å². The maximum absolute atomic E-state index is 13.1. The molecule has 210 valence electrons. The second-order valence-corrected chi connectivity index (χ2v) is 9.16. The number of rotatable bonds is 11. The van der Waals surface area contributed by atoms with Gasteiger partial charge in [0, 0.05) is 18.4 Å². The average Bonchev–Trinajstić information content (AvgIpc) is 2.92. The molecule has 0 bridgehead atoms. The van der Waals surface area contributed by atoms with Gasteiger partial charge in [0.2, 0.25) is 5.91 Å². The van der Waals surface area contributed by atoms with Gasteiger partial charge < -0.3 is 20.5 Å². The van der Waals surface area contributed by atoms with Crippen LogP contribution in [0, 0.1) is 11.7 Å². The Balaban J connectivity index is 0.00000131. The summed E-state index contributed by atoms with van der Waals surface area (Å²) in [7, 11) is 0. The monoisotopic (exact) mass is 546 g/mol. The first kappa shape index (κ1) is 31.6. The minimum absolute atomic E-state index is 0.0370. The van der Waals surface area contributed by atoms with E-state index in [4.69, 9.17) is 4.74 Å². The molecule has 8 nitrogen and oxygen atoms in total. The Morgan fingerprint density at radius 2 is 1.65 bits per heavy atom. The summed E-state index contributed by atoms with van der Waals surface area (Å²) in [4.78, 5) is 32.7. The van der Waals surface area contributed by atoms with E-state index < -0.39 is 11.8 Å². The number of ether oxygens (including phenoxy) is 1. The van der Waals surface area contributed by atoms with Crippen LogP contribution in [0.2, 0.25) is 0 Å². The third kappa shape index (κ3) is 11.0. The molecule has 0 saturated heterocycles. The summed E-state index contributed by atoms with van der Waals surface area (Å²) in [6.07, 6.45) is 2.83. The molecular formula is C31H35FN4O4. The molecule has 9 heteroatoms. The van der Waals surface area contributed by atoms with Crippen LogP contribution in [-0.2, 0) is 16.0 Å². The number of benzene rings is 2. The van der Waals surface area contributed by atoms with Gasteiger partial charge in [-0.1, -0.05) is 33.9 Å². The van der Waals surface area contributed by atoms with E-state index in [2.05, 4.69) is 54.5 Å². The minimum atomic E-state index is -0.564. The SMILES string of the molecule is C=CN=C(C=C)C(=O)NCC(=O)Nc1cc(CCO)cc(-c2ccc(Oc3ccc(F)cc3)cc2)n1.CC(C)C. The second-order valence-electron chi connectivity index (χ2n) is 9.16. The van der Waals surface area contributed by atoms with Crippen LogP contribution in [0.3, 0.4) is 0 Å². The first-order chi connectivity index (χ1) is 19.1. The van der Waals surface area contributed by atoms with Gasteiger partial charge in [0.25, 0.3) is 5.91 Å². The lowest BCUT2D eigenvalue weighted by atomic mass is 10.1. The molecule has 0 fully saturated rings. The molecule has 0 aliphatic rings. The third-order valence-corrected chi connectivity index (χ3v) is 4.82. The van der Waals surface area contributed by atoms with Crippen molar-refractivity contribution in [2.75, 3.05) is 18.5 Å². The number of aliphatic imine (C=N–C) groups is 1. The van der Waals surface area contributed by atoms with Crippen LogP contribution < -0.4 is 15.4 Å². The molecule has 0 saturated carbocycles. The summed E-state index contributed by atoms with van der Waals surface area (Å²) in [5.74, 6) is 0.754. The number of hydrogen-bond acceptors (Lipinski definition) is 6. The van der Waals surface area contributed by atoms with Gasteiger partial charge in [-0.05, 0) is 84.6 Å². The van der Waals surface area contributed by atoms with Gasteiger partial charge in [-0.25, -0.2) is 9.37 Å². The van der Waals surface area contributed by atoms with Gasteiger partial charge in [-0.15, -0.1) is 0 Å². The predicted molar refractivity (Wildman–Crippen MR) is 157 cm³/mol. The van der Waals surface area contributed by atoms with Crippen molar-refractivity contribution in [2.45, 2.75) is 27.2 Å². The van der Waals surface area contributed by atoms with E-state index in [1.807, 2.05) is 6.07 Å². The maximum atomic E-state index is 13.1. The molecule has 2 amide bonds. The molecule has 1 heterocycles. The molecule has 0 spiro atoms. The summed E-state index contributed by atoms with van der Waals surface area (Å²) in [6, 6.07) is 16.2. The number of amides is 2. The number of nitrogens with one attached hydrogen (secondary N) is 2. The van der Waals surface area contributed by atoms with Crippen molar-refractivity contribution in [2.24, 2.45) is 10.9 Å². The zero-order chi connectivity index (χ0) is 29.5. The van der Waals surface area contributed by atoms with Crippen LogP contribution in [0.5, 0.6) is 11.5 Å². The van der Waals surface area contributed by atoms with Crippen molar-refractivity contribution in [3.63, 3.8) is 0 Å². The van der Waals surface area contributed by atoms with E-state index in [1.54, 1.807) is 30.3 Å². The van der Waals surface area contributed by atoms with E-state index in [-0.39, 0.29) is 30.5 Å². The molecule has 0 atom stereocenters. The molecular weight excluding hydrogens is 511 g/mol. The topological polar surface area (TPSA) is 113 Å². The van der Waals surface area contributed by atoms with Crippen LogP contribution in [0.25, 0.3) is 11.3 Å². The molecule has 0 radical (unpaired) electrons. The van der Waals surface area contributed by atoms with Crippen LogP contribution in [0.15, 0.2) is 91.1 Å². The number of carbonyl (C=O) groups is 2. The van der Waals surface area contributed by atoms with Crippen molar-refractivity contribution in [3.05, 3.63) is 97.5 Å². The first-order valence-electron chi connectivity index (χ1n) is 12.7. The Kier molecular flexibility index (Phi) is 12.9. The van der Waals surface area contributed by atoms with Crippen molar-refractivity contribution in [1.82, 2.24) is 10.3 Å². The van der Waals surface area contributed by atoms with Gasteiger partial charge in [-0.2, -0.15) is 0 Å². The van der Waals surface area contributed by atoms with Crippen LogP contribution in [0.4, 0.5) is 10.2 Å². The summed E-state index contributed by atoms with van der Waals surface area (Å²) >= 11 is 0. The predicted octanol–water partition coefficient (Wildman–Crippen LogP) is 5.70. The largest absolute Gasteiger partial charge is 0.457 e. The fraction of sp³-hybridized carbons (Fsp3) is 0.226. The smallest absolute Gasteiger partial charge is 0.270 e. The van der Waals surface area contributed by atoms with E-state index in [1.165, 1.54) is 36.5 Å². The van der Waals surface area contributed by atoms with Crippen molar-refractivity contribution in [3.8, 4) is 22.8 Å². The molecule has 2 aromatic carbocycles. The molecule has 3 N–H and O–H groups in total. The quantitative estimate of drug-likeness (QED) is 0.267. The van der Waals surface area contributed by atoms with Gasteiger partial charge in [-0.3, -0.25) is 14.6 Å². The number of aromatic nitrogens is 1. The molecule has 0 aliphatic carbocycles. The third-order valence-electron chi connectivity index (χ3n) is 4.82. The van der Waals surface area contributed by atoms with Crippen molar-refractivity contribution >= 4 is 23.3 Å². The van der Waals surface area contributed by atoms with Crippen molar-refractivity contribution in [1.29, 1.82) is 0 Å².